The summed E-state index contributed by atoms with van der Waals surface area (Å²) in [7, 11) is -3.21. The number of carbonyl (C=O) groups is 1. The molecule has 180 valence electrons. The lowest BCUT2D eigenvalue weighted by atomic mass is 9.94. The van der Waals surface area contributed by atoms with E-state index in [0.717, 1.165) is 13.2 Å². The highest BCUT2D eigenvalue weighted by molar-refractivity contribution is 7.91. The average molecular weight is 491 g/mol. The van der Waals surface area contributed by atoms with Crippen LogP contribution in [0.4, 0.5) is 33.5 Å². The molecule has 1 saturated heterocycles. The fraction of sp³-hybridized carbons (Fsp3) is 0.450. The van der Waals surface area contributed by atoms with Crippen LogP contribution in [0, 0.1) is 17.6 Å². The molecule has 2 atom stereocenters. The summed E-state index contributed by atoms with van der Waals surface area (Å²) >= 11 is 0. The van der Waals surface area contributed by atoms with Crippen molar-refractivity contribution < 1.29 is 31.0 Å². The van der Waals surface area contributed by atoms with E-state index in [1.807, 2.05) is 0 Å². The third-order valence-electron chi connectivity index (χ3n) is 5.47. The molecule has 1 unspecified atom stereocenters. The number of halogens is 5. The van der Waals surface area contributed by atoms with Gasteiger partial charge in [0.15, 0.2) is 0 Å². The first kappa shape index (κ1) is 24.8. The normalized spacial score (nSPS) is 20.2. The Balaban J connectivity index is 2.06. The molecule has 1 aliphatic rings. The lowest BCUT2D eigenvalue weighted by Gasteiger charge is -2.38. The summed E-state index contributed by atoms with van der Waals surface area (Å²) in [5, 5.41) is 2.31. The van der Waals surface area contributed by atoms with E-state index < -0.39 is 56.8 Å². The lowest BCUT2D eigenvalue weighted by Crippen LogP contribution is -2.47. The largest absolute Gasteiger partial charge is 0.418 e. The predicted octanol–water partition coefficient (Wildman–Crippen LogP) is 4.57. The van der Waals surface area contributed by atoms with Crippen molar-refractivity contribution >= 4 is 27.1 Å². The number of aromatic nitrogens is 2. The fourth-order valence-electron chi connectivity index (χ4n) is 3.56. The number of nitrogens with one attached hydrogen (secondary N) is 2. The van der Waals surface area contributed by atoms with Crippen molar-refractivity contribution in [1.82, 2.24) is 9.97 Å². The Hall–Kier alpha value is -2.83. The topological polar surface area (TPSA) is 99.0 Å². The van der Waals surface area contributed by atoms with Crippen LogP contribution in [0.2, 0.25) is 0 Å². The van der Waals surface area contributed by atoms with Crippen molar-refractivity contribution in [3.05, 3.63) is 41.2 Å². The molecule has 0 spiro atoms. The van der Waals surface area contributed by atoms with Crippen LogP contribution >= 0.6 is 0 Å². The molecular formula is C20H22F5N5O2S. The van der Waals surface area contributed by atoms with E-state index in [1.54, 1.807) is 0 Å². The standard InChI is InChI=1S/C20H22F5N5O2S/c1-11-10-30(7-5-19(11,21)22)17-16(12(2)14(9-28-17)20(23,24)25)18(31)29-13-4-6-27-15(8-13)33(3,26)32/h4,6,8-9,11,26H,5,7,10H2,1-3H3,(H,27,29,31)/t11?,33-/m1/s1. The van der Waals surface area contributed by atoms with E-state index in [9.17, 15) is 31.0 Å². The van der Waals surface area contributed by atoms with Gasteiger partial charge in [-0.1, -0.05) is 6.92 Å². The summed E-state index contributed by atoms with van der Waals surface area (Å²) < 4.78 is 87.9. The van der Waals surface area contributed by atoms with Crippen molar-refractivity contribution in [2.45, 2.75) is 37.4 Å². The summed E-state index contributed by atoms with van der Waals surface area (Å²) in [6.07, 6.45) is -2.38. The van der Waals surface area contributed by atoms with E-state index >= 15 is 0 Å². The highest BCUT2D eigenvalue weighted by Crippen LogP contribution is 2.39. The van der Waals surface area contributed by atoms with Gasteiger partial charge in [-0.05, 0) is 24.6 Å². The van der Waals surface area contributed by atoms with E-state index in [1.165, 1.54) is 30.2 Å². The van der Waals surface area contributed by atoms with Crippen molar-refractivity contribution in [2.75, 3.05) is 29.6 Å². The molecule has 1 fully saturated rings. The fourth-order valence-corrected chi connectivity index (χ4v) is 4.17. The van der Waals surface area contributed by atoms with Gasteiger partial charge in [-0.2, -0.15) is 13.2 Å². The van der Waals surface area contributed by atoms with Crippen molar-refractivity contribution in [3.63, 3.8) is 0 Å². The highest BCUT2D eigenvalue weighted by Gasteiger charge is 2.43. The SMILES string of the molecule is Cc1c(C(F)(F)F)cnc(N2CCC(F)(F)C(C)C2)c1C(=O)Nc1ccnc([S@](C)(=N)=O)c1. The van der Waals surface area contributed by atoms with Crippen molar-refractivity contribution in [1.29, 1.82) is 4.78 Å². The predicted molar refractivity (Wildman–Crippen MR) is 112 cm³/mol. The van der Waals surface area contributed by atoms with E-state index in [0.29, 0.717) is 6.20 Å². The van der Waals surface area contributed by atoms with Gasteiger partial charge in [0.05, 0.1) is 20.9 Å². The third kappa shape index (κ3) is 5.23. The van der Waals surface area contributed by atoms with Crippen LogP contribution in [-0.2, 0) is 15.9 Å². The van der Waals surface area contributed by atoms with Gasteiger partial charge in [0.1, 0.15) is 10.8 Å². The summed E-state index contributed by atoms with van der Waals surface area (Å²) in [4.78, 5) is 22.2. The number of nitrogens with zero attached hydrogens (tertiary/aromatic N) is 3. The van der Waals surface area contributed by atoms with Crippen molar-refractivity contribution in [3.8, 4) is 0 Å². The number of carbonyl (C=O) groups excluding carboxylic acids is 1. The smallest absolute Gasteiger partial charge is 0.355 e. The first-order chi connectivity index (χ1) is 15.1. The Morgan fingerprint density at radius 2 is 2.00 bits per heavy atom. The Morgan fingerprint density at radius 3 is 2.58 bits per heavy atom. The first-order valence-corrected chi connectivity index (χ1v) is 11.8. The second kappa shape index (κ2) is 8.50. The summed E-state index contributed by atoms with van der Waals surface area (Å²) in [5.41, 5.74) is -1.86. The molecule has 3 rings (SSSR count). The van der Waals surface area contributed by atoms with E-state index in [2.05, 4.69) is 15.3 Å². The molecule has 2 aromatic rings. The van der Waals surface area contributed by atoms with Gasteiger partial charge in [-0.25, -0.2) is 27.7 Å². The van der Waals surface area contributed by atoms with Gasteiger partial charge < -0.3 is 10.2 Å². The van der Waals surface area contributed by atoms with Crippen LogP contribution in [0.5, 0.6) is 0 Å². The highest BCUT2D eigenvalue weighted by atomic mass is 32.2. The Morgan fingerprint density at radius 1 is 1.33 bits per heavy atom. The number of hydrogen-bond donors (Lipinski definition) is 2. The van der Waals surface area contributed by atoms with Gasteiger partial charge in [-0.15, -0.1) is 0 Å². The minimum Gasteiger partial charge on any atom is -0.355 e. The molecular weight excluding hydrogens is 469 g/mol. The molecule has 33 heavy (non-hydrogen) atoms. The summed E-state index contributed by atoms with van der Waals surface area (Å²) in [6.45, 7) is 2.06. The molecule has 0 saturated carbocycles. The lowest BCUT2D eigenvalue weighted by molar-refractivity contribution is -0.138. The molecule has 1 amide bonds. The maximum atomic E-state index is 13.9. The van der Waals surface area contributed by atoms with Crippen LogP contribution in [0.3, 0.4) is 0 Å². The van der Waals surface area contributed by atoms with E-state index in [-0.39, 0.29) is 29.6 Å². The maximum Gasteiger partial charge on any atom is 0.418 e. The van der Waals surface area contributed by atoms with Gasteiger partial charge in [0.25, 0.3) is 11.8 Å². The second-order valence-electron chi connectivity index (χ2n) is 8.03. The van der Waals surface area contributed by atoms with Crippen LogP contribution in [0.1, 0.15) is 34.8 Å². The monoisotopic (exact) mass is 491 g/mol. The number of alkyl halides is 5. The molecule has 13 heteroatoms. The van der Waals surface area contributed by atoms with E-state index in [4.69, 9.17) is 4.78 Å². The van der Waals surface area contributed by atoms with Gasteiger partial charge in [0, 0.05) is 49.8 Å². The molecule has 2 aromatic heterocycles. The zero-order chi connectivity index (χ0) is 24.8. The maximum absolute atomic E-state index is 13.9. The van der Waals surface area contributed by atoms with Crippen LogP contribution in [0.25, 0.3) is 0 Å². The van der Waals surface area contributed by atoms with Gasteiger partial charge in [-0.3, -0.25) is 4.79 Å². The summed E-state index contributed by atoms with van der Waals surface area (Å²) in [6, 6.07) is 2.51. The number of rotatable bonds is 4. The second-order valence-corrected chi connectivity index (χ2v) is 10.1. The zero-order valence-electron chi connectivity index (χ0n) is 18.0. The van der Waals surface area contributed by atoms with Crippen LogP contribution in [0.15, 0.2) is 29.6 Å². The Kier molecular flexibility index (Phi) is 6.39. The molecule has 7 nitrogen and oxygen atoms in total. The number of pyridine rings is 2. The molecule has 1 aliphatic heterocycles. The Labute approximate surface area is 187 Å². The average Bonchev–Trinajstić information content (AvgIpc) is 2.68. The third-order valence-corrected chi connectivity index (χ3v) is 6.49. The number of hydrogen-bond acceptors (Lipinski definition) is 6. The van der Waals surface area contributed by atoms with Crippen LogP contribution < -0.4 is 10.2 Å². The molecule has 0 aromatic carbocycles. The van der Waals surface area contributed by atoms with Gasteiger partial charge in [0.2, 0.25) is 0 Å². The minimum absolute atomic E-state index is 0.0631. The zero-order valence-corrected chi connectivity index (χ0v) is 18.8. The first-order valence-electron chi connectivity index (χ1n) is 9.82. The minimum atomic E-state index is -4.78. The number of amides is 1. The molecule has 3 heterocycles. The van der Waals surface area contributed by atoms with Crippen LogP contribution in [-0.4, -0.2) is 45.4 Å². The number of anilines is 2. The quantitative estimate of drug-likeness (QED) is 0.611. The number of piperidine rings is 1. The molecule has 0 bridgehead atoms. The summed E-state index contributed by atoms with van der Waals surface area (Å²) in [5.74, 6) is -5.11. The molecule has 0 radical (unpaired) electrons. The van der Waals surface area contributed by atoms with Crippen molar-refractivity contribution in [2.24, 2.45) is 5.92 Å². The Bertz CT molecular complexity index is 1180. The molecule has 2 N–H and O–H groups in total. The van der Waals surface area contributed by atoms with Gasteiger partial charge >= 0.3 is 6.18 Å². The molecule has 0 aliphatic carbocycles.